The topological polar surface area (TPSA) is 88.2 Å². The van der Waals surface area contributed by atoms with Crippen molar-refractivity contribution in [1.82, 2.24) is 9.71 Å². The van der Waals surface area contributed by atoms with Crippen LogP contribution < -0.4 is 10.0 Å². The molecule has 10 heteroatoms. The maximum absolute atomic E-state index is 13.8. The van der Waals surface area contributed by atoms with E-state index in [0.29, 0.717) is 15.6 Å². The Labute approximate surface area is 183 Å². The molecule has 3 rings (SSSR count). The molecule has 0 aliphatic rings. The molecule has 1 amide bonds. The monoisotopic (exact) mass is 465 g/mol. The highest BCUT2D eigenvalue weighted by Crippen LogP contribution is 2.23. The Balaban J connectivity index is 1.51. The van der Waals surface area contributed by atoms with Crippen molar-refractivity contribution in [1.29, 1.82) is 0 Å². The third-order valence-corrected chi connectivity index (χ3v) is 6.98. The molecule has 1 heterocycles. The maximum atomic E-state index is 13.8. The Hall–Kier alpha value is -2.69. The summed E-state index contributed by atoms with van der Waals surface area (Å²) in [5.74, 6) is -1.70. The second kappa shape index (κ2) is 9.63. The molecule has 164 valence electrons. The second-order valence-corrected chi connectivity index (χ2v) is 9.87. The van der Waals surface area contributed by atoms with Crippen molar-refractivity contribution in [2.75, 3.05) is 11.9 Å². The number of aromatic nitrogens is 1. The first-order chi connectivity index (χ1) is 14.6. The van der Waals surface area contributed by atoms with E-state index in [2.05, 4.69) is 15.0 Å². The summed E-state index contributed by atoms with van der Waals surface area (Å²) < 4.78 is 53.9. The van der Waals surface area contributed by atoms with Gasteiger partial charge in [0, 0.05) is 36.5 Å². The van der Waals surface area contributed by atoms with Crippen LogP contribution in [-0.4, -0.2) is 25.9 Å². The van der Waals surface area contributed by atoms with E-state index in [1.807, 2.05) is 13.8 Å². The van der Waals surface area contributed by atoms with Gasteiger partial charge in [0.1, 0.15) is 11.6 Å². The van der Waals surface area contributed by atoms with Gasteiger partial charge in [0.25, 0.3) is 0 Å². The van der Waals surface area contributed by atoms with Crippen LogP contribution in [0.5, 0.6) is 0 Å². The Morgan fingerprint density at radius 2 is 1.87 bits per heavy atom. The Kier molecular flexibility index (Phi) is 7.14. The number of sulfonamides is 1. The first kappa shape index (κ1) is 23.0. The van der Waals surface area contributed by atoms with Crippen molar-refractivity contribution >= 4 is 32.4 Å². The highest BCUT2D eigenvalue weighted by Gasteiger charge is 2.15. The number of anilines is 1. The molecule has 0 bridgehead atoms. The van der Waals surface area contributed by atoms with Gasteiger partial charge in [-0.1, -0.05) is 12.1 Å². The van der Waals surface area contributed by atoms with E-state index in [1.54, 1.807) is 12.1 Å². The van der Waals surface area contributed by atoms with Crippen LogP contribution in [0.1, 0.15) is 28.0 Å². The van der Waals surface area contributed by atoms with Crippen LogP contribution in [0.3, 0.4) is 0 Å². The highest BCUT2D eigenvalue weighted by molar-refractivity contribution is 7.89. The van der Waals surface area contributed by atoms with Gasteiger partial charge in [-0.3, -0.25) is 4.79 Å². The Morgan fingerprint density at radius 3 is 2.58 bits per heavy atom. The smallest absolute Gasteiger partial charge is 0.240 e. The summed E-state index contributed by atoms with van der Waals surface area (Å²) in [6, 6.07) is 8.20. The average molecular weight is 466 g/mol. The van der Waals surface area contributed by atoms with Crippen LogP contribution in [-0.2, 0) is 21.2 Å². The summed E-state index contributed by atoms with van der Waals surface area (Å²) >= 11 is 1.17. The molecular weight excluding hydrogens is 444 g/mol. The average Bonchev–Trinajstić information content (AvgIpc) is 3.12. The lowest BCUT2D eigenvalue weighted by atomic mass is 10.1. The Bertz CT molecular complexity index is 1210. The molecule has 0 spiro atoms. The van der Waals surface area contributed by atoms with Gasteiger partial charge in [0.05, 0.1) is 4.90 Å². The fourth-order valence-electron chi connectivity index (χ4n) is 2.74. The van der Waals surface area contributed by atoms with E-state index in [9.17, 15) is 22.0 Å². The predicted octanol–water partition coefficient (Wildman–Crippen LogP) is 3.94. The number of rotatable bonds is 8. The molecular formula is C21H21F2N3O3S2. The third kappa shape index (κ3) is 6.16. The largest absolute Gasteiger partial charge is 0.302 e. The molecule has 0 fully saturated rings. The molecule has 6 nitrogen and oxygen atoms in total. The van der Waals surface area contributed by atoms with Crippen LogP contribution >= 0.6 is 11.3 Å². The lowest BCUT2D eigenvalue weighted by Gasteiger charge is -2.08. The lowest BCUT2D eigenvalue weighted by Crippen LogP contribution is -2.28. The molecule has 31 heavy (non-hydrogen) atoms. The summed E-state index contributed by atoms with van der Waals surface area (Å²) in [5, 5.41) is 2.91. The summed E-state index contributed by atoms with van der Waals surface area (Å²) in [5.41, 5.74) is 2.17. The maximum Gasteiger partial charge on any atom is 0.240 e. The fourth-order valence-corrected chi connectivity index (χ4v) is 4.71. The van der Waals surface area contributed by atoms with Crippen LogP contribution in [0.4, 0.5) is 13.9 Å². The van der Waals surface area contributed by atoms with Gasteiger partial charge in [0.15, 0.2) is 5.13 Å². The number of nitrogens with zero attached hydrogens (tertiary/aromatic N) is 1. The zero-order chi connectivity index (χ0) is 22.6. The molecule has 0 unspecified atom stereocenters. The van der Waals surface area contributed by atoms with Crippen molar-refractivity contribution in [3.8, 4) is 0 Å². The SMILES string of the molecule is Cc1ccc(S(=O)(=O)NCCC(=O)Nc2ncc(Cc3ccc(F)cc3F)s2)cc1C. The standard InChI is InChI=1S/C21H21F2N3O3S2/c1-13-3-6-18(9-14(13)2)31(28,29)25-8-7-20(27)26-21-24-12-17(30-21)10-15-4-5-16(22)11-19(15)23/h3-6,9,11-12,25H,7-8,10H2,1-2H3,(H,24,26,27). The van der Waals surface area contributed by atoms with E-state index in [-0.39, 0.29) is 24.3 Å². The molecule has 0 saturated carbocycles. The summed E-state index contributed by atoms with van der Waals surface area (Å²) in [6.45, 7) is 3.65. The summed E-state index contributed by atoms with van der Waals surface area (Å²) in [7, 11) is -3.71. The van der Waals surface area contributed by atoms with Crippen LogP contribution in [0, 0.1) is 25.5 Å². The van der Waals surface area contributed by atoms with E-state index in [4.69, 9.17) is 0 Å². The van der Waals surface area contributed by atoms with Crippen LogP contribution in [0.15, 0.2) is 47.5 Å². The minimum atomic E-state index is -3.71. The lowest BCUT2D eigenvalue weighted by molar-refractivity contribution is -0.116. The van der Waals surface area contributed by atoms with Gasteiger partial charge < -0.3 is 5.32 Å². The number of hydrogen-bond donors (Lipinski definition) is 2. The van der Waals surface area contributed by atoms with E-state index < -0.39 is 27.6 Å². The Morgan fingerprint density at radius 1 is 1.10 bits per heavy atom. The normalized spacial score (nSPS) is 11.5. The van der Waals surface area contributed by atoms with Crippen LogP contribution in [0.2, 0.25) is 0 Å². The summed E-state index contributed by atoms with van der Waals surface area (Å²) in [4.78, 5) is 17.0. The number of benzene rings is 2. The van der Waals surface area contributed by atoms with Crippen molar-refractivity contribution in [2.45, 2.75) is 31.6 Å². The van der Waals surface area contributed by atoms with Gasteiger partial charge in [-0.25, -0.2) is 26.9 Å². The third-order valence-electron chi connectivity index (χ3n) is 4.61. The minimum absolute atomic E-state index is 0.0693. The van der Waals surface area contributed by atoms with Gasteiger partial charge in [-0.05, 0) is 48.7 Å². The van der Waals surface area contributed by atoms with E-state index in [1.165, 1.54) is 35.7 Å². The van der Waals surface area contributed by atoms with Gasteiger partial charge >= 0.3 is 0 Å². The number of carbonyl (C=O) groups excluding carboxylic acids is 1. The van der Waals surface area contributed by atoms with Gasteiger partial charge in [-0.15, -0.1) is 11.3 Å². The number of nitrogens with one attached hydrogen (secondary N) is 2. The predicted molar refractivity (Wildman–Crippen MR) is 116 cm³/mol. The molecule has 0 atom stereocenters. The van der Waals surface area contributed by atoms with Crippen molar-refractivity contribution in [3.63, 3.8) is 0 Å². The van der Waals surface area contributed by atoms with Gasteiger partial charge in [-0.2, -0.15) is 0 Å². The van der Waals surface area contributed by atoms with E-state index in [0.717, 1.165) is 17.2 Å². The minimum Gasteiger partial charge on any atom is -0.302 e. The molecule has 2 aromatic carbocycles. The zero-order valence-electron chi connectivity index (χ0n) is 16.9. The molecule has 0 saturated heterocycles. The van der Waals surface area contributed by atoms with Crippen LogP contribution in [0.25, 0.3) is 0 Å². The number of aryl methyl sites for hydroxylation is 2. The number of amides is 1. The van der Waals surface area contributed by atoms with E-state index >= 15 is 0 Å². The zero-order valence-corrected chi connectivity index (χ0v) is 18.5. The first-order valence-corrected chi connectivity index (χ1v) is 11.7. The highest BCUT2D eigenvalue weighted by atomic mass is 32.2. The van der Waals surface area contributed by atoms with Gasteiger partial charge in [0.2, 0.25) is 15.9 Å². The first-order valence-electron chi connectivity index (χ1n) is 9.39. The molecule has 3 aromatic rings. The molecule has 2 N–H and O–H groups in total. The number of carbonyl (C=O) groups is 1. The molecule has 0 radical (unpaired) electrons. The summed E-state index contributed by atoms with van der Waals surface area (Å²) in [6.07, 6.45) is 1.65. The molecule has 1 aromatic heterocycles. The quantitative estimate of drug-likeness (QED) is 0.528. The van der Waals surface area contributed by atoms with Crippen molar-refractivity contribution < 1.29 is 22.0 Å². The molecule has 0 aliphatic heterocycles. The number of halogens is 2. The second-order valence-electron chi connectivity index (χ2n) is 6.99. The number of hydrogen-bond acceptors (Lipinski definition) is 5. The fraction of sp³-hybridized carbons (Fsp3) is 0.238. The molecule has 0 aliphatic carbocycles. The van der Waals surface area contributed by atoms with Crippen molar-refractivity contribution in [2.24, 2.45) is 0 Å². The van der Waals surface area contributed by atoms with Crippen molar-refractivity contribution in [3.05, 3.63) is 75.8 Å². The number of thiazole rings is 1.